The van der Waals surface area contributed by atoms with Crippen LogP contribution in [0.2, 0.25) is 5.02 Å². The molecule has 0 aliphatic carbocycles. The molecule has 0 spiro atoms. The smallest absolute Gasteiger partial charge is 0.422 e. The molecule has 0 saturated carbocycles. The monoisotopic (exact) mass is 456 g/mol. The highest BCUT2D eigenvalue weighted by Gasteiger charge is 2.29. The fourth-order valence-electron chi connectivity index (χ4n) is 3.19. The third-order valence-electron chi connectivity index (χ3n) is 4.83. The fourth-order valence-corrected chi connectivity index (χ4v) is 3.41. The van der Waals surface area contributed by atoms with Gasteiger partial charge >= 0.3 is 6.18 Å². The second-order valence-corrected chi connectivity index (χ2v) is 7.49. The number of pyridine rings is 1. The summed E-state index contributed by atoms with van der Waals surface area (Å²) in [5, 5.41) is 2.47. The van der Waals surface area contributed by atoms with Gasteiger partial charge in [0.05, 0.1) is 5.56 Å². The number of primary amides is 1. The predicted molar refractivity (Wildman–Crippen MR) is 109 cm³/mol. The highest BCUT2D eigenvalue weighted by molar-refractivity contribution is 6.32. The van der Waals surface area contributed by atoms with Crippen LogP contribution in [0.15, 0.2) is 36.5 Å². The Morgan fingerprint density at radius 1 is 1.23 bits per heavy atom. The van der Waals surface area contributed by atoms with Crippen molar-refractivity contribution < 1.29 is 27.5 Å². The number of alkyl halides is 3. The van der Waals surface area contributed by atoms with Crippen LogP contribution < -0.4 is 20.7 Å². The first-order chi connectivity index (χ1) is 14.6. The summed E-state index contributed by atoms with van der Waals surface area (Å²) in [5.74, 6) is -1.29. The van der Waals surface area contributed by atoms with Crippen molar-refractivity contribution in [2.24, 2.45) is 11.7 Å². The van der Waals surface area contributed by atoms with Gasteiger partial charge in [-0.3, -0.25) is 9.59 Å². The van der Waals surface area contributed by atoms with E-state index in [0.717, 1.165) is 11.9 Å². The van der Waals surface area contributed by atoms with E-state index in [1.54, 1.807) is 12.1 Å². The van der Waals surface area contributed by atoms with Crippen molar-refractivity contribution in [3.05, 3.63) is 47.1 Å². The zero-order valence-electron chi connectivity index (χ0n) is 16.3. The number of rotatable bonds is 6. The first kappa shape index (κ1) is 22.7. The maximum Gasteiger partial charge on any atom is 0.422 e. The lowest BCUT2D eigenvalue weighted by Gasteiger charge is -2.32. The van der Waals surface area contributed by atoms with E-state index < -0.39 is 24.6 Å². The number of nitrogens with two attached hydrogens (primary N) is 1. The van der Waals surface area contributed by atoms with Gasteiger partial charge in [-0.2, -0.15) is 13.2 Å². The van der Waals surface area contributed by atoms with Crippen molar-refractivity contribution in [3.63, 3.8) is 0 Å². The van der Waals surface area contributed by atoms with Gasteiger partial charge in [-0.25, -0.2) is 4.98 Å². The zero-order chi connectivity index (χ0) is 22.6. The summed E-state index contributed by atoms with van der Waals surface area (Å²) in [7, 11) is 0. The van der Waals surface area contributed by atoms with Crippen LogP contribution in [0.25, 0.3) is 0 Å². The standard InChI is InChI=1S/C20H20ClF3N4O3/c21-16-9-13(10-26-19(16)31-11-20(22,23)24)18(30)27-14-1-3-15(4-2-14)28-7-5-12(6-8-28)17(25)29/h1-4,9-10,12H,5-8,11H2,(H2,25,29)(H,27,30). The molecule has 11 heteroatoms. The van der Waals surface area contributed by atoms with Gasteiger partial charge in [-0.05, 0) is 43.2 Å². The number of nitrogens with one attached hydrogen (secondary N) is 1. The molecule has 1 aromatic carbocycles. The number of halogens is 4. The van der Waals surface area contributed by atoms with E-state index in [4.69, 9.17) is 17.3 Å². The third kappa shape index (κ3) is 6.24. The highest BCUT2D eigenvalue weighted by Crippen LogP contribution is 2.27. The molecule has 166 valence electrons. The molecule has 2 heterocycles. The molecule has 0 atom stereocenters. The van der Waals surface area contributed by atoms with Gasteiger partial charge in [0.25, 0.3) is 5.91 Å². The van der Waals surface area contributed by atoms with E-state index in [2.05, 4.69) is 19.9 Å². The van der Waals surface area contributed by atoms with E-state index in [1.807, 2.05) is 12.1 Å². The quantitative estimate of drug-likeness (QED) is 0.691. The predicted octanol–water partition coefficient (Wildman–Crippen LogP) is 3.63. The molecule has 3 rings (SSSR count). The Morgan fingerprint density at radius 2 is 1.87 bits per heavy atom. The summed E-state index contributed by atoms with van der Waals surface area (Å²) in [6.45, 7) is -0.101. The summed E-state index contributed by atoms with van der Waals surface area (Å²) in [6, 6.07) is 8.33. The molecule has 1 aromatic heterocycles. The normalized spacial score (nSPS) is 14.9. The van der Waals surface area contributed by atoms with E-state index in [-0.39, 0.29) is 22.4 Å². The molecular weight excluding hydrogens is 437 g/mol. The summed E-state index contributed by atoms with van der Waals surface area (Å²) in [4.78, 5) is 29.5. The summed E-state index contributed by atoms with van der Waals surface area (Å²) >= 11 is 5.87. The van der Waals surface area contributed by atoms with Crippen LogP contribution >= 0.6 is 11.6 Å². The van der Waals surface area contributed by atoms with Gasteiger partial charge in [0, 0.05) is 36.6 Å². The minimum absolute atomic E-state index is 0.0713. The van der Waals surface area contributed by atoms with E-state index in [0.29, 0.717) is 31.6 Å². The fraction of sp³-hybridized carbons (Fsp3) is 0.350. The molecule has 3 N–H and O–H groups in total. The summed E-state index contributed by atoms with van der Waals surface area (Å²) < 4.78 is 41.2. The number of hydrogen-bond donors (Lipinski definition) is 2. The van der Waals surface area contributed by atoms with Crippen molar-refractivity contribution in [2.75, 3.05) is 29.9 Å². The molecular formula is C20H20ClF3N4O3. The molecule has 0 unspecified atom stereocenters. The van der Waals surface area contributed by atoms with Crippen molar-refractivity contribution in [3.8, 4) is 5.88 Å². The van der Waals surface area contributed by atoms with Gasteiger partial charge in [-0.15, -0.1) is 0 Å². The minimum atomic E-state index is -4.52. The number of carbonyl (C=O) groups excluding carboxylic acids is 2. The number of hydrogen-bond acceptors (Lipinski definition) is 5. The average molecular weight is 457 g/mol. The maximum absolute atomic E-state index is 12.4. The molecule has 0 radical (unpaired) electrons. The van der Waals surface area contributed by atoms with Gasteiger partial charge in [-0.1, -0.05) is 11.6 Å². The van der Waals surface area contributed by atoms with Crippen LogP contribution in [-0.2, 0) is 4.79 Å². The molecule has 2 amide bonds. The van der Waals surface area contributed by atoms with Crippen molar-refractivity contribution in [2.45, 2.75) is 19.0 Å². The summed E-state index contributed by atoms with van der Waals surface area (Å²) in [5.41, 5.74) is 6.90. The molecule has 1 aliphatic heterocycles. The molecule has 1 saturated heterocycles. The Morgan fingerprint density at radius 3 is 2.42 bits per heavy atom. The van der Waals surface area contributed by atoms with Gasteiger partial charge in [0.2, 0.25) is 11.8 Å². The lowest BCUT2D eigenvalue weighted by atomic mass is 9.96. The van der Waals surface area contributed by atoms with Gasteiger partial charge < -0.3 is 20.7 Å². The van der Waals surface area contributed by atoms with Crippen LogP contribution in [0.1, 0.15) is 23.2 Å². The number of benzene rings is 1. The Kier molecular flexibility index (Phi) is 6.89. The van der Waals surface area contributed by atoms with Crippen LogP contribution in [0.5, 0.6) is 5.88 Å². The van der Waals surface area contributed by atoms with Gasteiger partial charge in [0.1, 0.15) is 5.02 Å². The number of carbonyl (C=O) groups is 2. The number of ether oxygens (including phenoxy) is 1. The number of anilines is 2. The van der Waals surface area contributed by atoms with Crippen LogP contribution in [0.3, 0.4) is 0 Å². The highest BCUT2D eigenvalue weighted by atomic mass is 35.5. The Hall–Kier alpha value is -3.01. The lowest BCUT2D eigenvalue weighted by Crippen LogP contribution is -2.38. The van der Waals surface area contributed by atoms with Crippen LogP contribution in [-0.4, -0.2) is 42.7 Å². The average Bonchev–Trinajstić information content (AvgIpc) is 2.72. The van der Waals surface area contributed by atoms with Crippen molar-refractivity contribution in [1.82, 2.24) is 4.98 Å². The van der Waals surface area contributed by atoms with E-state index in [9.17, 15) is 22.8 Å². The van der Waals surface area contributed by atoms with Gasteiger partial charge in [0.15, 0.2) is 6.61 Å². The van der Waals surface area contributed by atoms with Crippen LogP contribution in [0, 0.1) is 5.92 Å². The maximum atomic E-state index is 12.4. The topological polar surface area (TPSA) is 97.6 Å². The second-order valence-electron chi connectivity index (χ2n) is 7.08. The molecule has 2 aromatic rings. The minimum Gasteiger partial charge on any atom is -0.467 e. The second kappa shape index (κ2) is 9.42. The largest absolute Gasteiger partial charge is 0.467 e. The Labute approximate surface area is 181 Å². The first-order valence-corrected chi connectivity index (χ1v) is 9.81. The number of aromatic nitrogens is 1. The SMILES string of the molecule is NC(=O)C1CCN(c2ccc(NC(=O)c3cnc(OCC(F)(F)F)c(Cl)c3)cc2)CC1. The van der Waals surface area contributed by atoms with E-state index in [1.165, 1.54) is 6.07 Å². The number of piperidine rings is 1. The van der Waals surface area contributed by atoms with Crippen LogP contribution in [0.4, 0.5) is 24.5 Å². The molecule has 7 nitrogen and oxygen atoms in total. The van der Waals surface area contributed by atoms with Crippen molar-refractivity contribution >= 4 is 34.8 Å². The van der Waals surface area contributed by atoms with Crippen molar-refractivity contribution in [1.29, 1.82) is 0 Å². The lowest BCUT2D eigenvalue weighted by molar-refractivity contribution is -0.154. The zero-order valence-corrected chi connectivity index (χ0v) is 17.0. The Bertz CT molecular complexity index is 946. The first-order valence-electron chi connectivity index (χ1n) is 9.43. The summed E-state index contributed by atoms with van der Waals surface area (Å²) in [6.07, 6.45) is -2.04. The molecule has 1 fully saturated rings. The molecule has 0 bridgehead atoms. The Balaban J connectivity index is 1.58. The molecule has 31 heavy (non-hydrogen) atoms. The number of nitrogens with zero attached hydrogens (tertiary/aromatic N) is 2. The van der Waals surface area contributed by atoms with E-state index >= 15 is 0 Å². The third-order valence-corrected chi connectivity index (χ3v) is 5.10. The molecule has 1 aliphatic rings. The number of amides is 2.